The molecule has 0 heterocycles. The quantitative estimate of drug-likeness (QED) is 0.340. The SMILES string of the molecule is NC(=O)[C@H](Cc1ccc(N=C(N)N)cc1)NC(=O)CC1c2ccccc2-c2ccccc21. The summed E-state index contributed by atoms with van der Waals surface area (Å²) in [6.45, 7) is 0. The Bertz CT molecular complexity index is 1140. The molecule has 7 N–H and O–H groups in total. The maximum Gasteiger partial charge on any atom is 0.240 e. The Labute approximate surface area is 186 Å². The smallest absolute Gasteiger partial charge is 0.240 e. The summed E-state index contributed by atoms with van der Waals surface area (Å²) in [5.41, 5.74) is 22.3. The summed E-state index contributed by atoms with van der Waals surface area (Å²) in [4.78, 5) is 28.9. The van der Waals surface area contributed by atoms with E-state index in [0.29, 0.717) is 5.69 Å². The van der Waals surface area contributed by atoms with E-state index in [9.17, 15) is 9.59 Å². The normalized spacial score (nSPS) is 13.0. The lowest BCUT2D eigenvalue weighted by Gasteiger charge is -2.18. The number of amides is 2. The Balaban J connectivity index is 1.47. The van der Waals surface area contributed by atoms with Crippen molar-refractivity contribution >= 4 is 23.5 Å². The van der Waals surface area contributed by atoms with Gasteiger partial charge in [0.15, 0.2) is 5.96 Å². The third kappa shape index (κ3) is 4.46. The van der Waals surface area contributed by atoms with Crippen LogP contribution in [0.3, 0.4) is 0 Å². The molecule has 0 saturated heterocycles. The zero-order valence-corrected chi connectivity index (χ0v) is 17.5. The Morgan fingerprint density at radius 1 is 0.844 bits per heavy atom. The van der Waals surface area contributed by atoms with E-state index >= 15 is 0 Å². The first-order chi connectivity index (χ1) is 15.4. The third-order valence-electron chi connectivity index (χ3n) is 5.67. The molecule has 162 valence electrons. The molecule has 0 spiro atoms. The molecule has 0 fully saturated rings. The topological polar surface area (TPSA) is 137 Å². The average Bonchev–Trinajstić information content (AvgIpc) is 3.08. The summed E-state index contributed by atoms with van der Waals surface area (Å²) in [5, 5.41) is 2.82. The van der Waals surface area contributed by atoms with Gasteiger partial charge in [0.2, 0.25) is 11.8 Å². The van der Waals surface area contributed by atoms with Crippen molar-refractivity contribution in [3.05, 3.63) is 89.5 Å². The largest absolute Gasteiger partial charge is 0.370 e. The molecule has 1 aliphatic carbocycles. The molecular formula is C25H25N5O2. The number of nitrogens with one attached hydrogen (secondary N) is 1. The van der Waals surface area contributed by atoms with Crippen LogP contribution in [0, 0.1) is 0 Å². The van der Waals surface area contributed by atoms with Crippen LogP contribution in [0.1, 0.15) is 29.0 Å². The first kappa shape index (κ1) is 21.1. The van der Waals surface area contributed by atoms with E-state index in [2.05, 4.69) is 34.6 Å². The Kier molecular flexibility index (Phi) is 5.89. The Morgan fingerprint density at radius 3 is 1.94 bits per heavy atom. The third-order valence-corrected chi connectivity index (χ3v) is 5.67. The van der Waals surface area contributed by atoms with Gasteiger partial charge in [-0.1, -0.05) is 60.7 Å². The van der Waals surface area contributed by atoms with Crippen LogP contribution in [-0.2, 0) is 16.0 Å². The average molecular weight is 428 g/mol. The fourth-order valence-electron chi connectivity index (χ4n) is 4.23. The number of guanidine groups is 1. The van der Waals surface area contributed by atoms with Crippen LogP contribution in [0.25, 0.3) is 11.1 Å². The molecule has 1 aliphatic rings. The molecule has 0 aliphatic heterocycles. The number of hydrogen-bond donors (Lipinski definition) is 4. The van der Waals surface area contributed by atoms with Gasteiger partial charge in [-0.2, -0.15) is 0 Å². The summed E-state index contributed by atoms with van der Waals surface area (Å²) in [6.07, 6.45) is 0.516. The number of primary amides is 1. The highest BCUT2D eigenvalue weighted by atomic mass is 16.2. The van der Waals surface area contributed by atoms with Crippen molar-refractivity contribution in [2.75, 3.05) is 0 Å². The van der Waals surface area contributed by atoms with E-state index < -0.39 is 11.9 Å². The van der Waals surface area contributed by atoms with E-state index in [1.54, 1.807) is 24.3 Å². The van der Waals surface area contributed by atoms with Crippen molar-refractivity contribution < 1.29 is 9.59 Å². The molecule has 3 aromatic carbocycles. The zero-order chi connectivity index (χ0) is 22.7. The molecule has 0 radical (unpaired) electrons. The number of aliphatic imine (C=N–C) groups is 1. The molecular weight excluding hydrogens is 402 g/mol. The zero-order valence-electron chi connectivity index (χ0n) is 17.5. The second kappa shape index (κ2) is 8.93. The molecule has 2 amide bonds. The molecule has 4 rings (SSSR count). The molecule has 0 bridgehead atoms. The minimum atomic E-state index is -0.816. The maximum atomic E-state index is 12.9. The van der Waals surface area contributed by atoms with Crippen LogP contribution < -0.4 is 22.5 Å². The first-order valence-corrected chi connectivity index (χ1v) is 10.4. The lowest BCUT2D eigenvalue weighted by Crippen LogP contribution is -2.46. The minimum Gasteiger partial charge on any atom is -0.370 e. The van der Waals surface area contributed by atoms with Gasteiger partial charge in [-0.25, -0.2) is 4.99 Å². The van der Waals surface area contributed by atoms with Gasteiger partial charge in [-0.3, -0.25) is 9.59 Å². The number of benzene rings is 3. The van der Waals surface area contributed by atoms with Gasteiger partial charge < -0.3 is 22.5 Å². The monoisotopic (exact) mass is 427 g/mol. The fourth-order valence-corrected chi connectivity index (χ4v) is 4.23. The molecule has 1 atom stereocenters. The number of carbonyl (C=O) groups excluding carboxylic acids is 2. The molecule has 0 aromatic heterocycles. The van der Waals surface area contributed by atoms with Gasteiger partial charge in [0, 0.05) is 18.8 Å². The van der Waals surface area contributed by atoms with Crippen molar-refractivity contribution in [2.24, 2.45) is 22.2 Å². The van der Waals surface area contributed by atoms with Gasteiger partial charge in [-0.05, 0) is 39.9 Å². The summed E-state index contributed by atoms with van der Waals surface area (Å²) in [6, 6.07) is 22.5. The second-order valence-corrected chi connectivity index (χ2v) is 7.86. The number of fused-ring (bicyclic) bond motifs is 3. The van der Waals surface area contributed by atoms with Crippen LogP contribution in [0.4, 0.5) is 5.69 Å². The molecule has 7 heteroatoms. The van der Waals surface area contributed by atoms with Crippen LogP contribution in [0.5, 0.6) is 0 Å². The predicted octanol–water partition coefficient (Wildman–Crippen LogP) is 2.31. The van der Waals surface area contributed by atoms with E-state index in [1.165, 1.54) is 0 Å². The van der Waals surface area contributed by atoms with Crippen LogP contribution in [0.15, 0.2) is 77.8 Å². The molecule has 3 aromatic rings. The molecule has 0 unspecified atom stereocenters. The van der Waals surface area contributed by atoms with Gasteiger partial charge in [0.1, 0.15) is 6.04 Å². The second-order valence-electron chi connectivity index (χ2n) is 7.86. The lowest BCUT2D eigenvalue weighted by molar-refractivity contribution is -0.127. The number of nitrogens with zero attached hydrogens (tertiary/aromatic N) is 1. The van der Waals surface area contributed by atoms with Gasteiger partial charge in [0.25, 0.3) is 0 Å². The van der Waals surface area contributed by atoms with Gasteiger partial charge >= 0.3 is 0 Å². The Morgan fingerprint density at radius 2 is 1.41 bits per heavy atom. The number of rotatable bonds is 7. The predicted molar refractivity (Wildman–Crippen MR) is 125 cm³/mol. The maximum absolute atomic E-state index is 12.9. The van der Waals surface area contributed by atoms with Crippen LogP contribution >= 0.6 is 0 Å². The van der Waals surface area contributed by atoms with Crippen molar-refractivity contribution in [3.8, 4) is 11.1 Å². The highest BCUT2D eigenvalue weighted by Crippen LogP contribution is 2.45. The number of hydrogen-bond acceptors (Lipinski definition) is 3. The van der Waals surface area contributed by atoms with E-state index in [1.807, 2.05) is 24.3 Å². The number of nitrogens with two attached hydrogens (primary N) is 3. The molecule has 32 heavy (non-hydrogen) atoms. The van der Waals surface area contributed by atoms with Crippen molar-refractivity contribution in [2.45, 2.75) is 24.8 Å². The van der Waals surface area contributed by atoms with Crippen molar-refractivity contribution in [1.82, 2.24) is 5.32 Å². The first-order valence-electron chi connectivity index (χ1n) is 10.4. The number of carbonyl (C=O) groups is 2. The summed E-state index contributed by atoms with van der Waals surface area (Å²) in [7, 11) is 0. The lowest BCUT2D eigenvalue weighted by atomic mass is 9.93. The molecule has 0 saturated carbocycles. The van der Waals surface area contributed by atoms with Crippen LogP contribution in [-0.4, -0.2) is 23.8 Å². The summed E-state index contributed by atoms with van der Waals surface area (Å²) < 4.78 is 0. The van der Waals surface area contributed by atoms with E-state index in [4.69, 9.17) is 17.2 Å². The minimum absolute atomic E-state index is 0.0323. The van der Waals surface area contributed by atoms with Crippen LogP contribution in [0.2, 0.25) is 0 Å². The Hall–Kier alpha value is -4.13. The standard InChI is InChI=1S/C25H25N5O2/c26-24(32)22(13-15-9-11-16(12-10-15)29-25(27)28)30-23(31)14-21-19-7-3-1-5-17(19)18-6-2-4-8-20(18)21/h1-12,21-22H,13-14H2,(H2,26,32)(H,30,31)(H4,27,28,29)/t22-/m0/s1. The van der Waals surface area contributed by atoms with Crippen molar-refractivity contribution in [1.29, 1.82) is 0 Å². The van der Waals surface area contributed by atoms with Gasteiger partial charge in [-0.15, -0.1) is 0 Å². The fraction of sp³-hybridized carbons (Fsp3) is 0.160. The summed E-state index contributed by atoms with van der Waals surface area (Å²) in [5.74, 6) is -0.897. The van der Waals surface area contributed by atoms with Crippen molar-refractivity contribution in [3.63, 3.8) is 0 Å². The van der Waals surface area contributed by atoms with E-state index in [0.717, 1.165) is 27.8 Å². The van der Waals surface area contributed by atoms with Gasteiger partial charge in [0.05, 0.1) is 5.69 Å². The van der Waals surface area contributed by atoms with E-state index in [-0.39, 0.29) is 30.6 Å². The highest BCUT2D eigenvalue weighted by Gasteiger charge is 2.30. The highest BCUT2D eigenvalue weighted by molar-refractivity contribution is 5.89. The molecule has 7 nitrogen and oxygen atoms in total. The summed E-state index contributed by atoms with van der Waals surface area (Å²) >= 11 is 0.